The molecule has 0 amide bonds. The van der Waals surface area contributed by atoms with E-state index in [2.05, 4.69) is 4.72 Å². The Hall–Kier alpha value is -2.44. The molecule has 130 valence electrons. The van der Waals surface area contributed by atoms with Gasteiger partial charge < -0.3 is 4.42 Å². The first-order chi connectivity index (χ1) is 11.8. The zero-order valence-electron chi connectivity index (χ0n) is 14.0. The molecule has 1 atom stereocenters. The second kappa shape index (κ2) is 6.82. The summed E-state index contributed by atoms with van der Waals surface area (Å²) in [6.07, 6.45) is 0.444. The van der Waals surface area contributed by atoms with Gasteiger partial charge in [-0.25, -0.2) is 13.1 Å². The number of nitrogens with one attached hydrogen (secondary N) is 1. The standard InChI is InChI=1S/C19H19NO4S/c1-13(11-17-12-16-5-3-4-6-19(16)24-17)20-25(22,23)18-9-7-15(8-10-18)14(2)21/h3-10,12-13,20H,11H2,1-2H3/t13-/m1/s1. The van der Waals surface area contributed by atoms with Crippen LogP contribution < -0.4 is 4.72 Å². The van der Waals surface area contributed by atoms with Crippen LogP contribution >= 0.6 is 0 Å². The maximum absolute atomic E-state index is 12.5. The fraction of sp³-hybridized carbons (Fsp3) is 0.211. The van der Waals surface area contributed by atoms with E-state index in [0.717, 1.165) is 16.7 Å². The molecule has 0 fully saturated rings. The van der Waals surface area contributed by atoms with Gasteiger partial charge >= 0.3 is 0 Å². The number of sulfonamides is 1. The van der Waals surface area contributed by atoms with Crippen molar-refractivity contribution < 1.29 is 17.6 Å². The monoisotopic (exact) mass is 357 g/mol. The Balaban J connectivity index is 1.72. The summed E-state index contributed by atoms with van der Waals surface area (Å²) in [5, 5.41) is 0.993. The van der Waals surface area contributed by atoms with Crippen LogP contribution in [-0.4, -0.2) is 20.2 Å². The van der Waals surface area contributed by atoms with Crippen LogP contribution in [0, 0.1) is 0 Å². The predicted octanol–water partition coefficient (Wildman–Crippen LogP) is 3.54. The summed E-state index contributed by atoms with van der Waals surface area (Å²) in [6, 6.07) is 15.1. The van der Waals surface area contributed by atoms with Crippen molar-refractivity contribution in [2.24, 2.45) is 0 Å². The molecule has 5 nitrogen and oxygen atoms in total. The lowest BCUT2D eigenvalue weighted by molar-refractivity contribution is 0.101. The summed E-state index contributed by atoms with van der Waals surface area (Å²) in [6.45, 7) is 3.23. The third kappa shape index (κ3) is 3.97. The number of fused-ring (bicyclic) bond motifs is 1. The van der Waals surface area contributed by atoms with Crippen molar-refractivity contribution >= 4 is 26.8 Å². The molecule has 25 heavy (non-hydrogen) atoms. The van der Waals surface area contributed by atoms with E-state index < -0.39 is 10.0 Å². The zero-order chi connectivity index (χ0) is 18.0. The van der Waals surface area contributed by atoms with Gasteiger partial charge in [-0.05, 0) is 38.1 Å². The van der Waals surface area contributed by atoms with Crippen molar-refractivity contribution in [1.29, 1.82) is 0 Å². The second-order valence-corrected chi connectivity index (χ2v) is 7.77. The van der Waals surface area contributed by atoms with Gasteiger partial charge in [-0.3, -0.25) is 4.79 Å². The smallest absolute Gasteiger partial charge is 0.240 e. The van der Waals surface area contributed by atoms with Crippen LogP contribution in [0.1, 0.15) is 30.0 Å². The molecule has 0 radical (unpaired) electrons. The fourth-order valence-electron chi connectivity index (χ4n) is 2.68. The van der Waals surface area contributed by atoms with Gasteiger partial charge in [0.05, 0.1) is 4.90 Å². The van der Waals surface area contributed by atoms with Crippen molar-refractivity contribution in [3.05, 3.63) is 65.9 Å². The lowest BCUT2D eigenvalue weighted by atomic mass is 10.2. The summed E-state index contributed by atoms with van der Waals surface area (Å²) in [7, 11) is -3.66. The van der Waals surface area contributed by atoms with E-state index in [9.17, 15) is 13.2 Å². The Morgan fingerprint density at radius 3 is 2.44 bits per heavy atom. The maximum Gasteiger partial charge on any atom is 0.240 e. The maximum atomic E-state index is 12.5. The molecule has 0 unspecified atom stereocenters. The lowest BCUT2D eigenvalue weighted by Gasteiger charge is -2.13. The number of hydrogen-bond donors (Lipinski definition) is 1. The third-order valence-electron chi connectivity index (χ3n) is 3.91. The van der Waals surface area contributed by atoms with Gasteiger partial charge in [0.25, 0.3) is 0 Å². The molecule has 1 heterocycles. The molecule has 0 bridgehead atoms. The minimum Gasteiger partial charge on any atom is -0.461 e. The highest BCUT2D eigenvalue weighted by Gasteiger charge is 2.19. The molecule has 2 aromatic carbocycles. The Bertz CT molecular complexity index is 970. The zero-order valence-corrected chi connectivity index (χ0v) is 14.8. The van der Waals surface area contributed by atoms with E-state index in [1.807, 2.05) is 30.3 Å². The summed E-state index contributed by atoms with van der Waals surface area (Å²) in [5.41, 5.74) is 1.27. The van der Waals surface area contributed by atoms with Crippen LogP contribution in [0.25, 0.3) is 11.0 Å². The van der Waals surface area contributed by atoms with Crippen molar-refractivity contribution in [1.82, 2.24) is 4.72 Å². The highest BCUT2D eigenvalue weighted by molar-refractivity contribution is 7.89. The molecule has 6 heteroatoms. The highest BCUT2D eigenvalue weighted by atomic mass is 32.2. The minimum atomic E-state index is -3.66. The van der Waals surface area contributed by atoms with E-state index in [0.29, 0.717) is 12.0 Å². The number of benzene rings is 2. The third-order valence-corrected chi connectivity index (χ3v) is 5.52. The van der Waals surface area contributed by atoms with E-state index in [4.69, 9.17) is 4.42 Å². The molecule has 0 aliphatic rings. The lowest BCUT2D eigenvalue weighted by Crippen LogP contribution is -2.34. The molecule has 1 aromatic heterocycles. The summed E-state index contributed by atoms with van der Waals surface area (Å²) in [5.74, 6) is 0.624. The highest BCUT2D eigenvalue weighted by Crippen LogP contribution is 2.20. The van der Waals surface area contributed by atoms with Crippen molar-refractivity contribution in [3.63, 3.8) is 0 Å². The Morgan fingerprint density at radius 2 is 1.80 bits per heavy atom. The molecule has 0 aliphatic carbocycles. The summed E-state index contributed by atoms with van der Waals surface area (Å²) >= 11 is 0. The number of rotatable bonds is 6. The number of Topliss-reactive ketones (excluding diaryl/α,β-unsaturated/α-hetero) is 1. The number of para-hydroxylation sites is 1. The number of carbonyl (C=O) groups excluding carboxylic acids is 1. The fourth-order valence-corrected chi connectivity index (χ4v) is 3.93. The minimum absolute atomic E-state index is 0.102. The average molecular weight is 357 g/mol. The summed E-state index contributed by atoms with van der Waals surface area (Å²) in [4.78, 5) is 11.4. The molecule has 0 aliphatic heterocycles. The topological polar surface area (TPSA) is 76.4 Å². The number of carbonyl (C=O) groups is 1. The molecule has 1 N–H and O–H groups in total. The van der Waals surface area contributed by atoms with E-state index in [-0.39, 0.29) is 16.7 Å². The van der Waals surface area contributed by atoms with Gasteiger partial charge in [0.15, 0.2) is 5.78 Å². The molecule has 3 aromatic rings. The van der Waals surface area contributed by atoms with Crippen molar-refractivity contribution in [2.75, 3.05) is 0 Å². The SMILES string of the molecule is CC(=O)c1ccc(S(=O)(=O)N[C@H](C)Cc2cc3ccccc3o2)cc1. The molecular weight excluding hydrogens is 338 g/mol. The first-order valence-electron chi connectivity index (χ1n) is 7.96. The van der Waals surface area contributed by atoms with Gasteiger partial charge in [-0.1, -0.05) is 30.3 Å². The van der Waals surface area contributed by atoms with Crippen LogP contribution in [0.2, 0.25) is 0 Å². The molecule has 0 saturated carbocycles. The number of ketones is 1. The van der Waals surface area contributed by atoms with E-state index in [1.54, 1.807) is 6.92 Å². The van der Waals surface area contributed by atoms with E-state index in [1.165, 1.54) is 31.2 Å². The Labute approximate surface area is 146 Å². The van der Waals surface area contributed by atoms with Gasteiger partial charge in [-0.15, -0.1) is 0 Å². The molecule has 0 saturated heterocycles. The molecule has 3 rings (SSSR count). The predicted molar refractivity (Wildman–Crippen MR) is 96.1 cm³/mol. The van der Waals surface area contributed by atoms with Crippen LogP contribution in [0.5, 0.6) is 0 Å². The Kier molecular flexibility index (Phi) is 4.74. The Morgan fingerprint density at radius 1 is 1.12 bits per heavy atom. The van der Waals surface area contributed by atoms with Crippen LogP contribution in [0.4, 0.5) is 0 Å². The van der Waals surface area contributed by atoms with Crippen molar-refractivity contribution in [3.8, 4) is 0 Å². The van der Waals surface area contributed by atoms with Gasteiger partial charge in [0, 0.05) is 23.4 Å². The number of furan rings is 1. The first kappa shape index (κ1) is 17.4. The summed E-state index contributed by atoms with van der Waals surface area (Å²) < 4.78 is 33.3. The van der Waals surface area contributed by atoms with Gasteiger partial charge in [0.1, 0.15) is 11.3 Å². The first-order valence-corrected chi connectivity index (χ1v) is 9.44. The van der Waals surface area contributed by atoms with E-state index >= 15 is 0 Å². The largest absolute Gasteiger partial charge is 0.461 e. The van der Waals surface area contributed by atoms with Crippen molar-refractivity contribution in [2.45, 2.75) is 31.2 Å². The van der Waals surface area contributed by atoms with Gasteiger partial charge in [0.2, 0.25) is 10.0 Å². The van der Waals surface area contributed by atoms with Gasteiger partial charge in [-0.2, -0.15) is 0 Å². The average Bonchev–Trinajstić information content (AvgIpc) is 2.96. The molecule has 0 spiro atoms. The van der Waals surface area contributed by atoms with Crippen LogP contribution in [0.15, 0.2) is 63.9 Å². The number of hydrogen-bond acceptors (Lipinski definition) is 4. The van der Waals surface area contributed by atoms with Crippen LogP contribution in [0.3, 0.4) is 0 Å². The molecular formula is C19H19NO4S. The normalized spacial score (nSPS) is 13.0. The quantitative estimate of drug-likeness (QED) is 0.685. The second-order valence-electron chi connectivity index (χ2n) is 6.06. The van der Waals surface area contributed by atoms with Crippen LogP contribution in [-0.2, 0) is 16.4 Å².